The van der Waals surface area contributed by atoms with Crippen molar-refractivity contribution in [3.05, 3.63) is 24.7 Å². The van der Waals surface area contributed by atoms with Crippen molar-refractivity contribution in [2.45, 2.75) is 1.43 Å². The lowest BCUT2D eigenvalue weighted by molar-refractivity contribution is 0.394. The predicted octanol–water partition coefficient (Wildman–Crippen LogP) is 2.61. The maximum atomic E-state index is 4.83. The van der Waals surface area contributed by atoms with Crippen LogP contribution in [0, 0.1) is 0 Å². The summed E-state index contributed by atoms with van der Waals surface area (Å²) in [4.78, 5) is 0. The van der Waals surface area contributed by atoms with E-state index in [0.717, 1.165) is 0 Å². The Labute approximate surface area is 75.5 Å². The first-order valence-electron chi connectivity index (χ1n) is 2.09. The fourth-order valence-electron chi connectivity index (χ4n) is 0.361. The molecule has 0 aromatic heterocycles. The van der Waals surface area contributed by atoms with Crippen LogP contribution in [-0.4, -0.2) is 1.43 Å². The molecule has 0 amide bonds. The SMILES string of the molecule is IC1(I)C=COC=C1. The predicted molar refractivity (Wildman–Crippen MR) is 50.1 cm³/mol. The molecule has 0 bridgehead atoms. The van der Waals surface area contributed by atoms with Crippen molar-refractivity contribution in [1.82, 2.24) is 0 Å². The van der Waals surface area contributed by atoms with E-state index in [-0.39, 0.29) is 1.43 Å². The minimum Gasteiger partial charge on any atom is -0.473 e. The molecule has 44 valence electrons. The molecule has 0 aliphatic carbocycles. The third-order valence-corrected chi connectivity index (χ3v) is 2.18. The summed E-state index contributed by atoms with van der Waals surface area (Å²) in [5.74, 6) is 0. The largest absolute Gasteiger partial charge is 0.473 e. The van der Waals surface area contributed by atoms with Gasteiger partial charge in [0.05, 0.1) is 12.5 Å². The second kappa shape index (κ2) is 2.55. The molecule has 1 aliphatic heterocycles. The van der Waals surface area contributed by atoms with E-state index in [9.17, 15) is 0 Å². The van der Waals surface area contributed by atoms with Crippen LogP contribution in [0.25, 0.3) is 0 Å². The smallest absolute Gasteiger partial charge is 0.116 e. The number of hydrogen-bond donors (Lipinski definition) is 0. The first kappa shape index (κ1) is 6.85. The molecule has 1 heterocycles. The van der Waals surface area contributed by atoms with Crippen molar-refractivity contribution in [2.75, 3.05) is 0 Å². The highest BCUT2D eigenvalue weighted by Crippen LogP contribution is 2.32. The maximum Gasteiger partial charge on any atom is 0.116 e. The van der Waals surface area contributed by atoms with Gasteiger partial charge in [-0.15, -0.1) is 0 Å². The average molecular weight is 334 g/mol. The fraction of sp³-hybridized carbons (Fsp3) is 0.200. The molecule has 0 saturated carbocycles. The molecule has 0 atom stereocenters. The highest BCUT2D eigenvalue weighted by molar-refractivity contribution is 14.2. The van der Waals surface area contributed by atoms with Gasteiger partial charge in [0.15, 0.2) is 0 Å². The Morgan fingerprint density at radius 3 is 1.88 bits per heavy atom. The topological polar surface area (TPSA) is 9.23 Å². The monoisotopic (exact) mass is 334 g/mol. The zero-order chi connectivity index (χ0) is 6.04. The number of rotatable bonds is 0. The normalized spacial score (nSPS) is 22.8. The molecule has 0 unspecified atom stereocenters. The van der Waals surface area contributed by atoms with Gasteiger partial charge in [-0.1, -0.05) is 45.2 Å². The van der Waals surface area contributed by atoms with Crippen molar-refractivity contribution >= 4 is 45.2 Å². The van der Waals surface area contributed by atoms with Crippen molar-refractivity contribution in [3.8, 4) is 0 Å². The highest BCUT2D eigenvalue weighted by atomic mass is 127. The van der Waals surface area contributed by atoms with Crippen molar-refractivity contribution in [2.24, 2.45) is 0 Å². The molecule has 1 rings (SSSR count). The molecular weight excluding hydrogens is 330 g/mol. The molecular formula is C5H4I2O. The van der Waals surface area contributed by atoms with E-state index in [2.05, 4.69) is 45.2 Å². The second-order valence-corrected chi connectivity index (χ2v) is 7.05. The molecule has 1 nitrogen and oxygen atoms in total. The summed E-state index contributed by atoms with van der Waals surface area (Å²) in [6, 6.07) is 0. The number of hydrogen-bond acceptors (Lipinski definition) is 1. The van der Waals surface area contributed by atoms with Crippen molar-refractivity contribution < 1.29 is 4.74 Å². The van der Waals surface area contributed by atoms with E-state index in [1.54, 1.807) is 12.5 Å². The summed E-state index contributed by atoms with van der Waals surface area (Å²) in [6.07, 6.45) is 7.38. The fourth-order valence-corrected chi connectivity index (χ4v) is 0.948. The number of allylic oxidation sites excluding steroid dienone is 2. The van der Waals surface area contributed by atoms with Crippen molar-refractivity contribution in [1.29, 1.82) is 0 Å². The lowest BCUT2D eigenvalue weighted by Crippen LogP contribution is -2.03. The Hall–Kier alpha value is 0.740. The third kappa shape index (κ3) is 1.93. The summed E-state index contributed by atoms with van der Waals surface area (Å²) >= 11 is 4.65. The Kier molecular flexibility index (Phi) is 2.19. The summed E-state index contributed by atoms with van der Waals surface area (Å²) in [6.45, 7) is 0. The van der Waals surface area contributed by atoms with Gasteiger partial charge in [-0.2, -0.15) is 0 Å². The van der Waals surface area contributed by atoms with E-state index in [1.165, 1.54) is 0 Å². The van der Waals surface area contributed by atoms with Crippen molar-refractivity contribution in [3.63, 3.8) is 0 Å². The minimum atomic E-state index is 0.133. The number of ether oxygens (including phenoxy) is 1. The zero-order valence-corrected chi connectivity index (χ0v) is 8.29. The van der Waals surface area contributed by atoms with Crippen LogP contribution in [0.4, 0.5) is 0 Å². The summed E-state index contributed by atoms with van der Waals surface area (Å²) in [5.41, 5.74) is 0. The molecule has 1 aliphatic rings. The van der Waals surface area contributed by atoms with Gasteiger partial charge in [-0.05, 0) is 12.2 Å². The van der Waals surface area contributed by atoms with E-state index in [1.807, 2.05) is 12.2 Å². The Morgan fingerprint density at radius 2 is 1.62 bits per heavy atom. The summed E-state index contributed by atoms with van der Waals surface area (Å²) in [5, 5.41) is 0. The van der Waals surface area contributed by atoms with Gasteiger partial charge < -0.3 is 4.74 Å². The van der Waals surface area contributed by atoms with Crippen LogP contribution in [0.15, 0.2) is 24.7 Å². The highest BCUT2D eigenvalue weighted by Gasteiger charge is 2.15. The van der Waals surface area contributed by atoms with Crippen LogP contribution in [0.5, 0.6) is 0 Å². The lowest BCUT2D eigenvalue weighted by atomic mass is 10.4. The van der Waals surface area contributed by atoms with E-state index in [4.69, 9.17) is 4.74 Å². The quantitative estimate of drug-likeness (QED) is 0.489. The van der Waals surface area contributed by atoms with Gasteiger partial charge in [-0.3, -0.25) is 0 Å². The van der Waals surface area contributed by atoms with Crippen LogP contribution in [0.2, 0.25) is 0 Å². The Morgan fingerprint density at radius 1 is 1.12 bits per heavy atom. The first-order valence-corrected chi connectivity index (χ1v) is 4.25. The molecule has 0 saturated heterocycles. The molecule has 3 heteroatoms. The number of halogens is 2. The lowest BCUT2D eigenvalue weighted by Gasteiger charge is -2.11. The van der Waals surface area contributed by atoms with Crippen LogP contribution in [0.1, 0.15) is 0 Å². The second-order valence-electron chi connectivity index (χ2n) is 1.42. The summed E-state index contributed by atoms with van der Waals surface area (Å²) in [7, 11) is 0. The van der Waals surface area contributed by atoms with Crippen LogP contribution in [0.3, 0.4) is 0 Å². The van der Waals surface area contributed by atoms with Gasteiger partial charge in [-0.25, -0.2) is 0 Å². The first-order chi connectivity index (χ1) is 3.71. The molecule has 0 N–H and O–H groups in total. The maximum absolute atomic E-state index is 4.83. The number of alkyl halides is 2. The van der Waals surface area contributed by atoms with Gasteiger partial charge in [0.1, 0.15) is 1.43 Å². The molecule has 0 fully saturated rings. The van der Waals surface area contributed by atoms with Gasteiger partial charge >= 0.3 is 0 Å². The van der Waals surface area contributed by atoms with Gasteiger partial charge in [0, 0.05) is 0 Å². The Bertz CT molecular complexity index is 123. The zero-order valence-electron chi connectivity index (χ0n) is 3.97. The van der Waals surface area contributed by atoms with Crippen LogP contribution >= 0.6 is 45.2 Å². The average Bonchev–Trinajstić information content (AvgIpc) is 1.65. The third-order valence-electron chi connectivity index (χ3n) is 0.738. The van der Waals surface area contributed by atoms with E-state index >= 15 is 0 Å². The molecule has 8 heavy (non-hydrogen) atoms. The molecule has 0 radical (unpaired) electrons. The Balaban J connectivity index is 2.69. The molecule has 0 spiro atoms. The van der Waals surface area contributed by atoms with Gasteiger partial charge in [0.2, 0.25) is 0 Å². The van der Waals surface area contributed by atoms with Gasteiger partial charge in [0.25, 0.3) is 0 Å². The van der Waals surface area contributed by atoms with Crippen LogP contribution in [-0.2, 0) is 4.74 Å². The minimum absolute atomic E-state index is 0.133. The summed E-state index contributed by atoms with van der Waals surface area (Å²) < 4.78 is 4.97. The van der Waals surface area contributed by atoms with E-state index in [0.29, 0.717) is 0 Å². The van der Waals surface area contributed by atoms with E-state index < -0.39 is 0 Å². The molecule has 0 aromatic rings. The molecule has 0 aromatic carbocycles. The van der Waals surface area contributed by atoms with Crippen LogP contribution < -0.4 is 0 Å². The standard InChI is InChI=1S/C5H4I2O/c6-5(7)1-3-8-4-2-5/h1-4H.